The molecule has 0 bridgehead atoms. The fourth-order valence-electron chi connectivity index (χ4n) is 3.92. The van der Waals surface area contributed by atoms with Gasteiger partial charge in [0.1, 0.15) is 0 Å². The number of alkyl halides is 3. The Morgan fingerprint density at radius 3 is 1.91 bits per heavy atom. The summed E-state index contributed by atoms with van der Waals surface area (Å²) in [6.45, 7) is 3.98. The predicted molar refractivity (Wildman–Crippen MR) is 121 cm³/mol. The monoisotopic (exact) mass is 441 g/mol. The number of anilines is 2. The zero-order valence-electron chi connectivity index (χ0n) is 17.7. The van der Waals surface area contributed by atoms with Crippen LogP contribution in [0.5, 0.6) is 5.75 Å². The van der Waals surface area contributed by atoms with Gasteiger partial charge in [0.25, 0.3) is 0 Å². The largest absolute Gasteiger partial charge is 0.573 e. The van der Waals surface area contributed by atoms with Crippen LogP contribution < -0.4 is 19.9 Å². The summed E-state index contributed by atoms with van der Waals surface area (Å²) in [4.78, 5) is 4.00. The Morgan fingerprint density at radius 2 is 1.38 bits per heavy atom. The molecule has 1 N–H and O–H groups in total. The Morgan fingerprint density at radius 1 is 0.812 bits per heavy atom. The number of piperazine rings is 1. The number of ether oxygens (including phenoxy) is 1. The zero-order valence-corrected chi connectivity index (χ0v) is 17.7. The van der Waals surface area contributed by atoms with Crippen molar-refractivity contribution in [1.82, 2.24) is 5.32 Å². The van der Waals surface area contributed by atoms with Crippen LogP contribution in [0.4, 0.5) is 24.5 Å². The lowest BCUT2D eigenvalue weighted by Crippen LogP contribution is -2.43. The maximum atomic E-state index is 13.3. The topological polar surface area (TPSA) is 27.7 Å². The highest BCUT2D eigenvalue weighted by atomic mass is 19.4. The maximum Gasteiger partial charge on any atom is 0.573 e. The smallest absolute Gasteiger partial charge is 0.403 e. The van der Waals surface area contributed by atoms with Gasteiger partial charge in [-0.2, -0.15) is 0 Å². The molecule has 4 rings (SSSR count). The van der Waals surface area contributed by atoms with E-state index >= 15 is 0 Å². The van der Waals surface area contributed by atoms with Crippen LogP contribution in [0.1, 0.15) is 11.1 Å². The van der Waals surface area contributed by atoms with Gasteiger partial charge in [0.2, 0.25) is 0 Å². The number of nitrogens with one attached hydrogen (secondary N) is 1. The van der Waals surface area contributed by atoms with Crippen LogP contribution in [-0.4, -0.2) is 32.5 Å². The van der Waals surface area contributed by atoms with Gasteiger partial charge in [-0.3, -0.25) is 0 Å². The number of rotatable bonds is 7. The average Bonchev–Trinajstić information content (AvgIpc) is 2.80. The fourth-order valence-corrected chi connectivity index (χ4v) is 3.92. The molecule has 3 aromatic carbocycles. The van der Waals surface area contributed by atoms with Gasteiger partial charge >= 0.3 is 6.36 Å². The van der Waals surface area contributed by atoms with Crippen LogP contribution in [-0.2, 0) is 13.1 Å². The third-order valence-electron chi connectivity index (χ3n) is 5.42. The minimum Gasteiger partial charge on any atom is -0.403 e. The van der Waals surface area contributed by atoms with Crippen molar-refractivity contribution in [3.63, 3.8) is 0 Å². The molecule has 0 atom stereocenters. The fraction of sp³-hybridized carbons (Fsp3) is 0.280. The van der Waals surface area contributed by atoms with Gasteiger partial charge in [-0.15, -0.1) is 13.2 Å². The van der Waals surface area contributed by atoms with Crippen molar-refractivity contribution in [2.75, 3.05) is 36.0 Å². The van der Waals surface area contributed by atoms with Crippen LogP contribution in [0.2, 0.25) is 0 Å². The summed E-state index contributed by atoms with van der Waals surface area (Å²) in [5.74, 6) is -0.180. The van der Waals surface area contributed by atoms with E-state index in [2.05, 4.69) is 15.0 Å². The van der Waals surface area contributed by atoms with Crippen molar-refractivity contribution in [1.29, 1.82) is 0 Å². The Hall–Kier alpha value is -3.19. The molecule has 1 aliphatic heterocycles. The van der Waals surface area contributed by atoms with Crippen LogP contribution >= 0.6 is 0 Å². The van der Waals surface area contributed by atoms with Gasteiger partial charge in [-0.05, 0) is 23.3 Å². The Balaban J connectivity index is 1.71. The zero-order chi connectivity index (χ0) is 22.4. The molecule has 3 aromatic rings. The molecule has 168 valence electrons. The predicted octanol–water partition coefficient (Wildman–Crippen LogP) is 5.20. The molecule has 0 aliphatic carbocycles. The van der Waals surface area contributed by atoms with Crippen molar-refractivity contribution < 1.29 is 17.9 Å². The Labute approximate surface area is 186 Å². The molecular weight excluding hydrogens is 415 g/mol. The van der Waals surface area contributed by atoms with E-state index in [0.717, 1.165) is 43.0 Å². The first-order valence-electron chi connectivity index (χ1n) is 10.7. The molecule has 0 spiro atoms. The summed E-state index contributed by atoms with van der Waals surface area (Å²) in [7, 11) is 0. The van der Waals surface area contributed by atoms with Crippen LogP contribution in [0, 0.1) is 0 Å². The van der Waals surface area contributed by atoms with Crippen LogP contribution in [0.3, 0.4) is 0 Å². The van der Waals surface area contributed by atoms with Gasteiger partial charge < -0.3 is 19.9 Å². The minimum absolute atomic E-state index is 0.180. The maximum absolute atomic E-state index is 13.3. The number of nitrogens with zero attached hydrogens (tertiary/aromatic N) is 2. The SMILES string of the molecule is FC(F)(F)Oc1cc(N2CCNCC2)ccc1N(Cc1ccccc1)Cc1ccccc1. The molecule has 7 heteroatoms. The molecule has 0 aromatic heterocycles. The molecule has 4 nitrogen and oxygen atoms in total. The minimum atomic E-state index is -4.78. The summed E-state index contributed by atoms with van der Waals surface area (Å²) in [5.41, 5.74) is 3.16. The van der Waals surface area contributed by atoms with Crippen molar-refractivity contribution >= 4 is 11.4 Å². The molecule has 1 saturated heterocycles. The van der Waals surface area contributed by atoms with Crippen molar-refractivity contribution in [3.05, 3.63) is 90.0 Å². The third kappa shape index (κ3) is 5.95. The lowest BCUT2D eigenvalue weighted by atomic mass is 10.1. The Bertz CT molecular complexity index is 949. The summed E-state index contributed by atoms with van der Waals surface area (Å²) in [6, 6.07) is 24.6. The highest BCUT2D eigenvalue weighted by molar-refractivity contribution is 5.66. The number of hydrogen-bond acceptors (Lipinski definition) is 4. The lowest BCUT2D eigenvalue weighted by molar-refractivity contribution is -0.274. The second-order valence-electron chi connectivity index (χ2n) is 7.76. The number of halogens is 3. The second-order valence-corrected chi connectivity index (χ2v) is 7.76. The van der Waals surface area contributed by atoms with E-state index in [9.17, 15) is 13.2 Å². The van der Waals surface area contributed by atoms with Gasteiger partial charge in [0.15, 0.2) is 5.75 Å². The van der Waals surface area contributed by atoms with E-state index in [1.165, 1.54) is 6.07 Å². The van der Waals surface area contributed by atoms with Crippen molar-refractivity contribution in [2.45, 2.75) is 19.5 Å². The molecular formula is C25H26F3N3O. The molecule has 1 fully saturated rings. The normalized spacial score (nSPS) is 14.3. The number of benzene rings is 3. The van der Waals surface area contributed by atoms with E-state index < -0.39 is 6.36 Å². The van der Waals surface area contributed by atoms with Gasteiger partial charge in [-0.1, -0.05) is 60.7 Å². The van der Waals surface area contributed by atoms with Gasteiger partial charge in [-0.25, -0.2) is 0 Å². The summed E-state index contributed by atoms with van der Waals surface area (Å²) < 4.78 is 44.6. The van der Waals surface area contributed by atoms with Crippen molar-refractivity contribution in [3.8, 4) is 5.75 Å². The van der Waals surface area contributed by atoms with Crippen molar-refractivity contribution in [2.24, 2.45) is 0 Å². The highest BCUT2D eigenvalue weighted by Crippen LogP contribution is 2.38. The quantitative estimate of drug-likeness (QED) is 0.545. The molecule has 0 unspecified atom stereocenters. The van der Waals surface area contributed by atoms with Gasteiger partial charge in [0, 0.05) is 51.0 Å². The standard InChI is InChI=1S/C25H26F3N3O/c26-25(27,28)32-24-17-22(30-15-13-29-14-16-30)11-12-23(24)31(18-20-7-3-1-4-8-20)19-21-9-5-2-6-10-21/h1-12,17,29H,13-16,18-19H2. The third-order valence-corrected chi connectivity index (χ3v) is 5.42. The lowest BCUT2D eigenvalue weighted by Gasteiger charge is -2.32. The van der Waals surface area contributed by atoms with Crippen LogP contribution in [0.25, 0.3) is 0 Å². The van der Waals surface area contributed by atoms with E-state index in [1.54, 1.807) is 6.07 Å². The second kappa shape index (κ2) is 9.96. The van der Waals surface area contributed by atoms with E-state index in [4.69, 9.17) is 0 Å². The summed E-state index contributed by atoms with van der Waals surface area (Å²) >= 11 is 0. The first kappa shape index (κ1) is 22.0. The highest BCUT2D eigenvalue weighted by Gasteiger charge is 2.33. The van der Waals surface area contributed by atoms with E-state index in [1.807, 2.05) is 71.6 Å². The molecule has 0 radical (unpaired) electrons. The molecule has 32 heavy (non-hydrogen) atoms. The summed E-state index contributed by atoms with van der Waals surface area (Å²) in [5, 5.41) is 3.26. The Kier molecular flexibility index (Phi) is 6.85. The van der Waals surface area contributed by atoms with E-state index in [0.29, 0.717) is 18.8 Å². The molecule has 1 aliphatic rings. The van der Waals surface area contributed by atoms with Gasteiger partial charge in [0.05, 0.1) is 5.69 Å². The van der Waals surface area contributed by atoms with Crippen LogP contribution in [0.15, 0.2) is 78.9 Å². The number of hydrogen-bond donors (Lipinski definition) is 1. The first-order valence-corrected chi connectivity index (χ1v) is 10.7. The summed E-state index contributed by atoms with van der Waals surface area (Å²) in [6.07, 6.45) is -4.78. The van der Waals surface area contributed by atoms with E-state index in [-0.39, 0.29) is 5.75 Å². The molecule has 0 saturated carbocycles. The molecule has 0 amide bonds. The first-order chi connectivity index (χ1) is 15.5. The molecule has 1 heterocycles. The average molecular weight is 441 g/mol.